The van der Waals surface area contributed by atoms with Crippen LogP contribution < -0.4 is 4.74 Å². The maximum absolute atomic E-state index is 6.13. The molecule has 0 aliphatic carbocycles. The van der Waals surface area contributed by atoms with Crippen LogP contribution in [0, 0.1) is 6.92 Å². The molecule has 0 spiro atoms. The molecule has 0 atom stereocenters. The molecule has 138 valence electrons. The van der Waals surface area contributed by atoms with Gasteiger partial charge in [-0.15, -0.1) is 0 Å². The van der Waals surface area contributed by atoms with Crippen molar-refractivity contribution in [1.82, 2.24) is 4.98 Å². The minimum atomic E-state index is 0.479. The molecule has 0 saturated heterocycles. The Hall–Kier alpha value is -3.10. The Labute approximate surface area is 170 Å². The van der Waals surface area contributed by atoms with E-state index in [4.69, 9.17) is 21.3 Å². The van der Waals surface area contributed by atoms with Crippen LogP contribution in [0.25, 0.3) is 22.4 Å². The highest BCUT2D eigenvalue weighted by Gasteiger charge is 2.13. The van der Waals surface area contributed by atoms with Crippen molar-refractivity contribution in [2.75, 3.05) is 0 Å². The van der Waals surface area contributed by atoms with E-state index in [1.165, 1.54) is 0 Å². The summed E-state index contributed by atoms with van der Waals surface area (Å²) in [6, 6.07) is 30.3. The number of nitrogens with zero attached hydrogens (tertiary/aromatic N) is 1. The fourth-order valence-corrected chi connectivity index (χ4v) is 3.26. The van der Waals surface area contributed by atoms with Gasteiger partial charge in [-0.3, -0.25) is 0 Å². The van der Waals surface area contributed by atoms with Crippen LogP contribution in [-0.4, -0.2) is 4.98 Å². The Morgan fingerprint density at radius 2 is 1.43 bits per heavy atom. The molecule has 1 aromatic heterocycles. The third-order valence-corrected chi connectivity index (χ3v) is 4.92. The van der Waals surface area contributed by atoms with Gasteiger partial charge in [-0.2, -0.15) is 0 Å². The van der Waals surface area contributed by atoms with Crippen molar-refractivity contribution in [2.24, 2.45) is 0 Å². The van der Waals surface area contributed by atoms with Gasteiger partial charge in [0.05, 0.1) is 5.69 Å². The molecule has 1 heterocycles. The fourth-order valence-electron chi connectivity index (χ4n) is 3.14. The maximum Gasteiger partial charge on any atom is 0.217 e. The van der Waals surface area contributed by atoms with Gasteiger partial charge >= 0.3 is 0 Å². The lowest BCUT2D eigenvalue weighted by Gasteiger charge is -2.15. The lowest BCUT2D eigenvalue weighted by Crippen LogP contribution is -2.01. The average Bonchev–Trinajstić information content (AvgIpc) is 2.75. The first-order chi connectivity index (χ1) is 13.7. The molecule has 28 heavy (non-hydrogen) atoms. The van der Waals surface area contributed by atoms with Gasteiger partial charge in [0.2, 0.25) is 5.88 Å². The van der Waals surface area contributed by atoms with E-state index in [0.29, 0.717) is 17.5 Å². The number of halogens is 1. The minimum Gasteiger partial charge on any atom is -0.473 e. The molecule has 0 N–H and O–H groups in total. The monoisotopic (exact) mass is 385 g/mol. The molecule has 4 rings (SSSR count). The summed E-state index contributed by atoms with van der Waals surface area (Å²) in [5.74, 6) is 0.648. The molecule has 0 aliphatic heterocycles. The van der Waals surface area contributed by atoms with Crippen LogP contribution in [0.1, 0.15) is 11.1 Å². The second-order valence-electron chi connectivity index (χ2n) is 6.63. The SMILES string of the molecule is Cc1c(-c2ccccc2)cc(-c2ccc(Cl)cc2)nc1OCc1ccccc1. The highest BCUT2D eigenvalue weighted by Crippen LogP contribution is 2.33. The molecule has 0 radical (unpaired) electrons. The Kier molecular flexibility index (Phi) is 5.41. The minimum absolute atomic E-state index is 0.479. The van der Waals surface area contributed by atoms with Crippen LogP contribution in [0.15, 0.2) is 91.0 Å². The van der Waals surface area contributed by atoms with E-state index in [-0.39, 0.29) is 0 Å². The number of hydrogen-bond acceptors (Lipinski definition) is 2. The molecule has 2 nitrogen and oxygen atoms in total. The summed E-state index contributed by atoms with van der Waals surface area (Å²) in [7, 11) is 0. The van der Waals surface area contributed by atoms with E-state index < -0.39 is 0 Å². The Morgan fingerprint density at radius 3 is 2.11 bits per heavy atom. The number of benzene rings is 3. The third-order valence-electron chi connectivity index (χ3n) is 4.67. The standard InChI is InChI=1S/C25H20ClNO/c1-18-23(20-10-6-3-7-11-20)16-24(21-12-14-22(26)15-13-21)27-25(18)28-17-19-8-4-2-5-9-19/h2-16H,17H2,1H3. The van der Waals surface area contributed by atoms with Crippen molar-refractivity contribution in [3.63, 3.8) is 0 Å². The number of rotatable bonds is 5. The van der Waals surface area contributed by atoms with Crippen LogP contribution >= 0.6 is 11.6 Å². The highest BCUT2D eigenvalue weighted by molar-refractivity contribution is 6.30. The molecule has 0 unspecified atom stereocenters. The van der Waals surface area contributed by atoms with Gasteiger partial charge in [-0.1, -0.05) is 84.4 Å². The van der Waals surface area contributed by atoms with Crippen LogP contribution in [0.2, 0.25) is 5.02 Å². The quantitative estimate of drug-likeness (QED) is 0.370. The topological polar surface area (TPSA) is 22.1 Å². The molecule has 0 fully saturated rings. The molecular formula is C25H20ClNO. The van der Waals surface area contributed by atoms with Crippen LogP contribution in [0.3, 0.4) is 0 Å². The fraction of sp³-hybridized carbons (Fsp3) is 0.0800. The first kappa shape index (κ1) is 18.3. The highest BCUT2D eigenvalue weighted by atomic mass is 35.5. The van der Waals surface area contributed by atoms with Crippen LogP contribution in [-0.2, 0) is 6.61 Å². The lowest BCUT2D eigenvalue weighted by atomic mass is 9.99. The molecule has 0 amide bonds. The Balaban J connectivity index is 1.77. The van der Waals surface area contributed by atoms with E-state index in [1.807, 2.05) is 60.7 Å². The Bertz CT molecular complexity index is 1060. The largest absolute Gasteiger partial charge is 0.473 e. The molecule has 3 heteroatoms. The van der Waals surface area contributed by atoms with Crippen LogP contribution in [0.5, 0.6) is 5.88 Å². The zero-order valence-corrected chi connectivity index (χ0v) is 16.4. The summed E-state index contributed by atoms with van der Waals surface area (Å²) < 4.78 is 6.13. The predicted octanol–water partition coefficient (Wildman–Crippen LogP) is 6.96. The van der Waals surface area contributed by atoms with Gasteiger partial charge in [0, 0.05) is 16.1 Å². The van der Waals surface area contributed by atoms with Crippen molar-refractivity contribution in [1.29, 1.82) is 0 Å². The number of hydrogen-bond donors (Lipinski definition) is 0. The summed E-state index contributed by atoms with van der Waals surface area (Å²) in [5, 5.41) is 0.708. The lowest BCUT2D eigenvalue weighted by molar-refractivity contribution is 0.292. The zero-order valence-electron chi connectivity index (χ0n) is 15.6. The van der Waals surface area contributed by atoms with Gasteiger partial charge < -0.3 is 4.74 Å². The third kappa shape index (κ3) is 4.08. The number of pyridine rings is 1. The number of ether oxygens (including phenoxy) is 1. The first-order valence-electron chi connectivity index (χ1n) is 9.20. The summed E-state index contributed by atoms with van der Waals surface area (Å²) in [5.41, 5.74) is 6.27. The van der Waals surface area contributed by atoms with E-state index >= 15 is 0 Å². The van der Waals surface area contributed by atoms with Gasteiger partial charge in [-0.25, -0.2) is 4.98 Å². The average molecular weight is 386 g/mol. The van der Waals surface area contributed by atoms with Crippen molar-refractivity contribution in [3.8, 4) is 28.3 Å². The predicted molar refractivity (Wildman–Crippen MR) is 116 cm³/mol. The van der Waals surface area contributed by atoms with E-state index in [9.17, 15) is 0 Å². The summed E-state index contributed by atoms with van der Waals surface area (Å²) in [6.07, 6.45) is 0. The van der Waals surface area contributed by atoms with E-state index in [1.54, 1.807) is 0 Å². The van der Waals surface area contributed by atoms with Crippen molar-refractivity contribution in [2.45, 2.75) is 13.5 Å². The smallest absolute Gasteiger partial charge is 0.217 e. The second-order valence-corrected chi connectivity index (χ2v) is 7.07. The van der Waals surface area contributed by atoms with E-state index in [0.717, 1.165) is 33.5 Å². The van der Waals surface area contributed by atoms with Gasteiger partial charge in [0.15, 0.2) is 0 Å². The molecule has 0 bridgehead atoms. The van der Waals surface area contributed by atoms with Gasteiger partial charge in [-0.05, 0) is 41.8 Å². The van der Waals surface area contributed by atoms with Crippen molar-refractivity contribution >= 4 is 11.6 Å². The van der Waals surface area contributed by atoms with Gasteiger partial charge in [0.25, 0.3) is 0 Å². The molecule has 3 aromatic carbocycles. The summed E-state index contributed by atoms with van der Waals surface area (Å²) in [6.45, 7) is 2.54. The van der Waals surface area contributed by atoms with Crippen LogP contribution in [0.4, 0.5) is 0 Å². The molecule has 0 saturated carbocycles. The normalized spacial score (nSPS) is 10.6. The molecule has 0 aliphatic rings. The molecule has 4 aromatic rings. The summed E-state index contributed by atoms with van der Waals surface area (Å²) in [4.78, 5) is 4.81. The zero-order chi connectivity index (χ0) is 19.3. The van der Waals surface area contributed by atoms with Crippen molar-refractivity contribution in [3.05, 3.63) is 107 Å². The summed E-state index contributed by atoms with van der Waals surface area (Å²) >= 11 is 6.06. The van der Waals surface area contributed by atoms with E-state index in [2.05, 4.69) is 37.3 Å². The first-order valence-corrected chi connectivity index (χ1v) is 9.58. The maximum atomic E-state index is 6.13. The molecular weight excluding hydrogens is 366 g/mol. The number of aromatic nitrogens is 1. The van der Waals surface area contributed by atoms with Gasteiger partial charge in [0.1, 0.15) is 6.61 Å². The van der Waals surface area contributed by atoms with Crippen molar-refractivity contribution < 1.29 is 4.74 Å². The second kappa shape index (κ2) is 8.28. The Morgan fingerprint density at radius 1 is 0.786 bits per heavy atom.